The minimum Gasteiger partial charge on any atom is -0.327 e. The lowest BCUT2D eigenvalue weighted by atomic mass is 9.68. The zero-order valence-electron chi connectivity index (χ0n) is 22.5. The monoisotopic (exact) mass is 508 g/mol. The Morgan fingerprint density at radius 1 is 0.778 bits per heavy atom. The fourth-order valence-corrected chi connectivity index (χ4v) is 15.8. The van der Waals surface area contributed by atoms with E-state index in [1.165, 1.54) is 37.6 Å². The molecular weight excluding hydrogens is 467 g/mol. The van der Waals surface area contributed by atoms with Crippen molar-refractivity contribution in [2.45, 2.75) is 37.6 Å². The predicted molar refractivity (Wildman–Crippen MR) is 163 cm³/mol. The average Bonchev–Trinajstić information content (AvgIpc) is 3.19. The molecule has 0 saturated carbocycles. The van der Waals surface area contributed by atoms with Crippen molar-refractivity contribution in [1.82, 2.24) is 9.62 Å². The van der Waals surface area contributed by atoms with Crippen LogP contribution in [-0.2, 0) is 0 Å². The molecular formula is C31H41BN2Si2. The highest BCUT2D eigenvalue weighted by atomic mass is 28.3. The van der Waals surface area contributed by atoms with E-state index in [1.807, 2.05) is 0 Å². The number of hydrogen-bond acceptors (Lipinski definition) is 2. The molecule has 5 rings (SSSR count). The van der Waals surface area contributed by atoms with E-state index in [1.54, 1.807) is 21.1 Å². The molecule has 1 unspecified atom stereocenters. The summed E-state index contributed by atoms with van der Waals surface area (Å²) in [6.07, 6.45) is 1.27. The number of allylic oxidation sites excluding steroid dienone is 1. The van der Waals surface area contributed by atoms with Crippen LogP contribution in [0.5, 0.6) is 0 Å². The van der Waals surface area contributed by atoms with Crippen LogP contribution in [0.1, 0.15) is 6.42 Å². The number of rotatable bonds is 6. The quantitative estimate of drug-likeness (QED) is 0.351. The molecule has 3 aromatic rings. The highest BCUT2D eigenvalue weighted by Crippen LogP contribution is 2.44. The Morgan fingerprint density at radius 3 is 1.67 bits per heavy atom. The van der Waals surface area contributed by atoms with E-state index in [-0.39, 0.29) is 0 Å². The maximum atomic E-state index is 2.69. The second-order valence-corrected chi connectivity index (χ2v) is 21.0. The standard InChI is InChI=1S/C31H41BN2Si2/c1-33-21-14-22-34(2)32(33)23-27-24-35(3,4)25-28(27)26-36(29-15-8-5-9-16-29,30-17-10-6-11-18-30)31-19-12-7-13-20-31/h5-13,15-20,23,28H,14,21-22,24-26H2,1-4H3. The molecule has 36 heavy (non-hydrogen) atoms. The first-order valence-corrected chi connectivity index (χ1v) is 19.3. The second-order valence-electron chi connectivity index (χ2n) is 11.9. The topological polar surface area (TPSA) is 6.48 Å². The van der Waals surface area contributed by atoms with Crippen molar-refractivity contribution in [2.24, 2.45) is 5.92 Å². The molecule has 2 heterocycles. The predicted octanol–water partition coefficient (Wildman–Crippen LogP) is 4.72. The van der Waals surface area contributed by atoms with E-state index in [0.717, 1.165) is 0 Å². The summed E-state index contributed by atoms with van der Waals surface area (Å²) < 4.78 is 0. The summed E-state index contributed by atoms with van der Waals surface area (Å²) in [6, 6.07) is 38.5. The third-order valence-electron chi connectivity index (χ3n) is 8.65. The smallest absolute Gasteiger partial charge is 0.327 e. The zero-order valence-corrected chi connectivity index (χ0v) is 24.5. The van der Waals surface area contributed by atoms with E-state index in [4.69, 9.17) is 0 Å². The largest absolute Gasteiger partial charge is 0.338 e. The Kier molecular flexibility index (Phi) is 7.54. The summed E-state index contributed by atoms with van der Waals surface area (Å²) in [4.78, 5) is 5.10. The summed E-state index contributed by atoms with van der Waals surface area (Å²) in [5.41, 5.74) is 1.75. The molecule has 2 aliphatic rings. The highest BCUT2D eigenvalue weighted by Gasteiger charge is 2.46. The van der Waals surface area contributed by atoms with Crippen LogP contribution in [-0.4, -0.2) is 59.9 Å². The molecule has 0 amide bonds. The van der Waals surface area contributed by atoms with Crippen molar-refractivity contribution in [3.05, 3.63) is 103 Å². The van der Waals surface area contributed by atoms with Crippen LogP contribution in [0.25, 0.3) is 0 Å². The van der Waals surface area contributed by atoms with E-state index >= 15 is 0 Å². The lowest BCUT2D eigenvalue weighted by Crippen LogP contribution is -2.67. The lowest BCUT2D eigenvalue weighted by molar-refractivity contribution is 0.351. The fraction of sp³-hybridized carbons (Fsp3) is 0.355. The minimum absolute atomic E-state index is 0.431. The van der Waals surface area contributed by atoms with Crippen molar-refractivity contribution in [3.8, 4) is 0 Å². The van der Waals surface area contributed by atoms with Crippen LogP contribution in [0.3, 0.4) is 0 Å². The highest BCUT2D eigenvalue weighted by molar-refractivity contribution is 7.11. The summed E-state index contributed by atoms with van der Waals surface area (Å²) in [5, 5.41) is 4.63. The number of hydrogen-bond donors (Lipinski definition) is 0. The van der Waals surface area contributed by atoms with Crippen LogP contribution >= 0.6 is 0 Å². The molecule has 0 radical (unpaired) electrons. The summed E-state index contributed by atoms with van der Waals surface area (Å²) in [7, 11) is 1.09. The van der Waals surface area contributed by atoms with Crippen molar-refractivity contribution in [3.63, 3.8) is 0 Å². The van der Waals surface area contributed by atoms with E-state index in [9.17, 15) is 0 Å². The summed E-state index contributed by atoms with van der Waals surface area (Å²) in [6.45, 7) is 8.06. The Balaban J connectivity index is 1.65. The van der Waals surface area contributed by atoms with Gasteiger partial charge in [0, 0.05) is 0 Å². The third kappa shape index (κ3) is 5.12. The Morgan fingerprint density at radius 2 is 1.22 bits per heavy atom. The van der Waals surface area contributed by atoms with Gasteiger partial charge >= 0.3 is 6.98 Å². The van der Waals surface area contributed by atoms with Gasteiger partial charge in [0.25, 0.3) is 0 Å². The van der Waals surface area contributed by atoms with E-state index in [0.29, 0.717) is 12.9 Å². The van der Waals surface area contributed by atoms with Crippen LogP contribution in [0, 0.1) is 5.92 Å². The summed E-state index contributed by atoms with van der Waals surface area (Å²) >= 11 is 0. The van der Waals surface area contributed by atoms with Gasteiger partial charge in [-0.25, -0.2) is 0 Å². The van der Waals surface area contributed by atoms with Crippen LogP contribution in [0.15, 0.2) is 103 Å². The molecule has 2 aliphatic heterocycles. The first-order valence-electron chi connectivity index (χ1n) is 13.7. The van der Waals surface area contributed by atoms with Crippen LogP contribution < -0.4 is 15.6 Å². The first-order chi connectivity index (χ1) is 17.4. The van der Waals surface area contributed by atoms with E-state index in [2.05, 4.69) is 134 Å². The van der Waals surface area contributed by atoms with Gasteiger partial charge in [-0.3, -0.25) is 0 Å². The Bertz CT molecular complexity index is 1060. The summed E-state index contributed by atoms with van der Waals surface area (Å²) in [5.74, 6) is 3.34. The van der Waals surface area contributed by atoms with Gasteiger partial charge < -0.3 is 9.62 Å². The van der Waals surface area contributed by atoms with Gasteiger partial charge in [-0.05, 0) is 67.2 Å². The SMILES string of the molecule is CN1CCCN(C)B1C=C1C[Si](C)(C)CC1C[Si](c1ccccc1)(c1ccccc1)c1ccccc1. The normalized spacial score (nSPS) is 22.3. The third-order valence-corrected chi connectivity index (χ3v) is 16.7. The van der Waals surface area contributed by atoms with Crippen LogP contribution in [0.2, 0.25) is 31.2 Å². The molecule has 0 aromatic heterocycles. The molecule has 186 valence electrons. The molecule has 3 aromatic carbocycles. The Hall–Kier alpha value is -2.18. The lowest BCUT2D eigenvalue weighted by Gasteiger charge is -2.38. The molecule has 2 saturated heterocycles. The van der Waals surface area contributed by atoms with Gasteiger partial charge in [0.15, 0.2) is 0 Å². The molecule has 0 N–H and O–H groups in total. The van der Waals surface area contributed by atoms with Gasteiger partial charge in [0.1, 0.15) is 8.07 Å². The minimum atomic E-state index is -2.24. The van der Waals surface area contributed by atoms with Crippen molar-refractivity contribution in [1.29, 1.82) is 0 Å². The molecule has 2 fully saturated rings. The molecule has 2 nitrogen and oxygen atoms in total. The molecule has 1 atom stereocenters. The molecule has 0 spiro atoms. The van der Waals surface area contributed by atoms with Crippen molar-refractivity contribution >= 4 is 38.7 Å². The Labute approximate surface area is 221 Å². The number of nitrogens with zero attached hydrogens (tertiary/aromatic N) is 2. The van der Waals surface area contributed by atoms with Gasteiger partial charge in [0.2, 0.25) is 0 Å². The fourth-order valence-electron chi connectivity index (χ4n) is 6.97. The van der Waals surface area contributed by atoms with E-state index < -0.39 is 16.1 Å². The maximum absolute atomic E-state index is 2.69. The van der Waals surface area contributed by atoms with Crippen molar-refractivity contribution in [2.75, 3.05) is 27.2 Å². The average molecular weight is 509 g/mol. The van der Waals surface area contributed by atoms with Crippen molar-refractivity contribution < 1.29 is 0 Å². The zero-order chi connectivity index (χ0) is 25.2. The first kappa shape index (κ1) is 25.5. The number of benzene rings is 3. The molecule has 0 bridgehead atoms. The molecule has 5 heteroatoms. The second kappa shape index (κ2) is 10.7. The molecule has 0 aliphatic carbocycles. The maximum Gasteiger partial charge on any atom is 0.338 e. The van der Waals surface area contributed by atoms with Crippen LogP contribution in [0.4, 0.5) is 0 Å². The van der Waals surface area contributed by atoms with Gasteiger partial charge in [0.05, 0.1) is 8.07 Å². The van der Waals surface area contributed by atoms with Gasteiger partial charge in [-0.2, -0.15) is 0 Å². The van der Waals surface area contributed by atoms with Gasteiger partial charge in [-0.1, -0.05) is 122 Å². The van der Waals surface area contributed by atoms with Gasteiger partial charge in [-0.15, -0.1) is 0 Å².